The minimum Gasteiger partial charge on any atom is -0.461 e. The van der Waals surface area contributed by atoms with Crippen LogP contribution in [0.2, 0.25) is 0 Å². The molecular formula is C28H28N4O4. The van der Waals surface area contributed by atoms with Crippen LogP contribution in [-0.2, 0) is 14.3 Å². The second-order valence-electron chi connectivity index (χ2n) is 8.56. The Hall–Kier alpha value is -4.30. The number of ketones is 1. The fraction of sp³-hybridized carbons (Fsp3) is 0.214. The van der Waals surface area contributed by atoms with Gasteiger partial charge in [-0.05, 0) is 31.5 Å². The zero-order valence-corrected chi connectivity index (χ0v) is 20.2. The number of hydrazone groups is 1. The molecule has 0 fully saturated rings. The summed E-state index contributed by atoms with van der Waals surface area (Å²) >= 11 is 0. The molecule has 0 aromatic heterocycles. The van der Waals surface area contributed by atoms with Gasteiger partial charge in [-0.1, -0.05) is 78.4 Å². The molecule has 1 amide bonds. The molecule has 3 aromatic carbocycles. The minimum absolute atomic E-state index is 0.0214. The zero-order chi connectivity index (χ0) is 25.7. The van der Waals surface area contributed by atoms with Crippen molar-refractivity contribution in [3.8, 4) is 0 Å². The van der Waals surface area contributed by atoms with Crippen LogP contribution in [0.15, 0.2) is 90.0 Å². The Morgan fingerprint density at radius 2 is 1.58 bits per heavy atom. The smallest absolute Gasteiger partial charge is 0.355 e. The number of anilines is 1. The predicted octanol–water partition coefficient (Wildman–Crippen LogP) is 3.52. The maximum Gasteiger partial charge on any atom is 0.355 e. The number of esters is 1. The van der Waals surface area contributed by atoms with Gasteiger partial charge in [0.15, 0.2) is 17.0 Å². The number of amides is 1. The first-order valence-corrected chi connectivity index (χ1v) is 11.7. The van der Waals surface area contributed by atoms with Crippen molar-refractivity contribution in [2.24, 2.45) is 10.9 Å². The SMILES string of the molecule is CCOC(=O)C1=NN(c2ccc(C)cc2)C(CC(=O)c2ccccc2)(C(=O)NN)C1c1ccccc1. The summed E-state index contributed by atoms with van der Waals surface area (Å²) < 4.78 is 5.33. The Bertz CT molecular complexity index is 1280. The molecular weight excluding hydrogens is 456 g/mol. The van der Waals surface area contributed by atoms with Crippen LogP contribution in [0.4, 0.5) is 5.69 Å². The third-order valence-corrected chi connectivity index (χ3v) is 6.28. The number of carbonyl (C=O) groups excluding carboxylic acids is 3. The van der Waals surface area contributed by atoms with E-state index in [-0.39, 0.29) is 24.5 Å². The number of nitrogens with two attached hydrogens (primary N) is 1. The molecule has 1 heterocycles. The second-order valence-corrected chi connectivity index (χ2v) is 8.56. The largest absolute Gasteiger partial charge is 0.461 e. The highest BCUT2D eigenvalue weighted by Gasteiger charge is 2.60. The zero-order valence-electron chi connectivity index (χ0n) is 20.2. The lowest BCUT2D eigenvalue weighted by atomic mass is 9.72. The quantitative estimate of drug-likeness (QED) is 0.166. The lowest BCUT2D eigenvalue weighted by Crippen LogP contribution is -2.61. The van der Waals surface area contributed by atoms with E-state index in [1.165, 1.54) is 5.01 Å². The first-order valence-electron chi connectivity index (χ1n) is 11.7. The van der Waals surface area contributed by atoms with Gasteiger partial charge in [0.1, 0.15) is 0 Å². The summed E-state index contributed by atoms with van der Waals surface area (Å²) in [5.74, 6) is 3.19. The normalized spacial score (nSPS) is 18.9. The van der Waals surface area contributed by atoms with Crippen molar-refractivity contribution in [3.63, 3.8) is 0 Å². The second kappa shape index (κ2) is 10.5. The van der Waals surface area contributed by atoms with Gasteiger partial charge in [-0.2, -0.15) is 5.10 Å². The van der Waals surface area contributed by atoms with Crippen LogP contribution < -0.4 is 16.3 Å². The number of hydrogen-bond acceptors (Lipinski definition) is 7. The number of ether oxygens (including phenoxy) is 1. The number of nitrogens with zero attached hydrogens (tertiary/aromatic N) is 2. The highest BCUT2D eigenvalue weighted by atomic mass is 16.5. The summed E-state index contributed by atoms with van der Waals surface area (Å²) in [5, 5.41) is 6.08. The Labute approximate surface area is 209 Å². The number of benzene rings is 3. The molecule has 2 atom stereocenters. The number of rotatable bonds is 8. The average molecular weight is 485 g/mol. The topological polar surface area (TPSA) is 114 Å². The molecule has 2 unspecified atom stereocenters. The summed E-state index contributed by atoms with van der Waals surface area (Å²) in [5.41, 5.74) is 3.18. The molecule has 0 aliphatic carbocycles. The van der Waals surface area contributed by atoms with Gasteiger partial charge in [-0.15, -0.1) is 0 Å². The number of nitrogens with one attached hydrogen (secondary N) is 1. The highest BCUT2D eigenvalue weighted by molar-refractivity contribution is 6.41. The lowest BCUT2D eigenvalue weighted by molar-refractivity contribution is -0.135. The molecule has 36 heavy (non-hydrogen) atoms. The number of hydrazine groups is 1. The summed E-state index contributed by atoms with van der Waals surface area (Å²) in [7, 11) is 0. The van der Waals surface area contributed by atoms with Gasteiger partial charge < -0.3 is 4.74 Å². The molecule has 4 rings (SSSR count). The molecule has 0 spiro atoms. The maximum atomic E-state index is 13.8. The van der Waals surface area contributed by atoms with Crippen LogP contribution in [-0.4, -0.2) is 35.5 Å². The van der Waals surface area contributed by atoms with Crippen molar-refractivity contribution in [3.05, 3.63) is 102 Å². The van der Waals surface area contributed by atoms with Crippen molar-refractivity contribution in [1.82, 2.24) is 5.43 Å². The van der Waals surface area contributed by atoms with Gasteiger partial charge in [0, 0.05) is 12.0 Å². The number of carbonyl (C=O) groups is 3. The summed E-state index contributed by atoms with van der Waals surface area (Å²) in [6.07, 6.45) is -0.292. The number of hydrogen-bond donors (Lipinski definition) is 2. The van der Waals surface area contributed by atoms with Gasteiger partial charge in [0.2, 0.25) is 0 Å². The third-order valence-electron chi connectivity index (χ3n) is 6.28. The van der Waals surface area contributed by atoms with Crippen molar-refractivity contribution in [1.29, 1.82) is 0 Å². The average Bonchev–Trinajstić information content (AvgIpc) is 3.25. The first-order chi connectivity index (χ1) is 17.4. The highest BCUT2D eigenvalue weighted by Crippen LogP contribution is 2.46. The van der Waals surface area contributed by atoms with Gasteiger partial charge in [-0.25, -0.2) is 15.6 Å². The molecule has 184 valence electrons. The van der Waals surface area contributed by atoms with Crippen molar-refractivity contribution in [2.45, 2.75) is 31.7 Å². The Kier molecular flexibility index (Phi) is 7.26. The van der Waals surface area contributed by atoms with E-state index in [9.17, 15) is 14.4 Å². The standard InChI is InChI=1S/C28H28N4O4/c1-3-36-26(34)25-24(21-12-8-5-9-13-21)28(27(35)30-29,18-23(33)20-10-6-4-7-11-20)32(31-25)22-16-14-19(2)15-17-22/h4-17,24H,3,18,29H2,1-2H3,(H,30,35). The molecule has 0 saturated carbocycles. The van der Waals surface area contributed by atoms with E-state index < -0.39 is 23.3 Å². The van der Waals surface area contributed by atoms with Gasteiger partial charge in [-0.3, -0.25) is 15.0 Å². The Balaban J connectivity index is 1.98. The fourth-order valence-corrected chi connectivity index (χ4v) is 4.60. The monoisotopic (exact) mass is 484 g/mol. The van der Waals surface area contributed by atoms with Gasteiger partial charge >= 0.3 is 5.97 Å². The lowest BCUT2D eigenvalue weighted by Gasteiger charge is -2.39. The molecule has 0 bridgehead atoms. The molecule has 8 heteroatoms. The van der Waals surface area contributed by atoms with E-state index in [1.807, 2.05) is 31.2 Å². The van der Waals surface area contributed by atoms with E-state index in [0.29, 0.717) is 16.8 Å². The van der Waals surface area contributed by atoms with E-state index in [1.54, 1.807) is 67.6 Å². The van der Waals surface area contributed by atoms with Gasteiger partial charge in [0.05, 0.1) is 18.2 Å². The van der Waals surface area contributed by atoms with Crippen LogP contribution in [0.3, 0.4) is 0 Å². The molecule has 1 aliphatic heterocycles. The number of Topliss-reactive ketones (excluding diaryl/α,β-unsaturated/α-hetero) is 1. The van der Waals surface area contributed by atoms with E-state index in [0.717, 1.165) is 5.56 Å². The maximum absolute atomic E-state index is 13.8. The molecule has 0 saturated heterocycles. The van der Waals surface area contributed by atoms with E-state index >= 15 is 0 Å². The van der Waals surface area contributed by atoms with Crippen molar-refractivity contribution < 1.29 is 19.1 Å². The molecule has 3 aromatic rings. The molecule has 8 nitrogen and oxygen atoms in total. The van der Waals surface area contributed by atoms with Crippen molar-refractivity contribution in [2.75, 3.05) is 11.6 Å². The van der Waals surface area contributed by atoms with E-state index in [4.69, 9.17) is 10.6 Å². The Morgan fingerprint density at radius 3 is 2.17 bits per heavy atom. The molecule has 3 N–H and O–H groups in total. The van der Waals surface area contributed by atoms with Crippen LogP contribution in [0.1, 0.15) is 40.7 Å². The molecule has 0 radical (unpaired) electrons. The summed E-state index contributed by atoms with van der Waals surface area (Å²) in [6, 6.07) is 25.0. The van der Waals surface area contributed by atoms with Gasteiger partial charge in [0.25, 0.3) is 5.91 Å². The first kappa shape index (κ1) is 24.8. The van der Waals surface area contributed by atoms with E-state index in [2.05, 4.69) is 10.5 Å². The van der Waals surface area contributed by atoms with Crippen LogP contribution >= 0.6 is 0 Å². The predicted molar refractivity (Wildman–Crippen MR) is 137 cm³/mol. The minimum atomic E-state index is -1.68. The summed E-state index contributed by atoms with van der Waals surface area (Å²) in [6.45, 7) is 3.76. The van der Waals surface area contributed by atoms with Crippen LogP contribution in [0.5, 0.6) is 0 Å². The van der Waals surface area contributed by atoms with Crippen LogP contribution in [0, 0.1) is 6.92 Å². The van der Waals surface area contributed by atoms with Crippen molar-refractivity contribution >= 4 is 29.1 Å². The third kappa shape index (κ3) is 4.50. The Morgan fingerprint density at radius 1 is 0.972 bits per heavy atom. The molecule has 1 aliphatic rings. The summed E-state index contributed by atoms with van der Waals surface area (Å²) in [4.78, 5) is 40.6. The number of aryl methyl sites for hydroxylation is 1. The van der Waals surface area contributed by atoms with Crippen LogP contribution in [0.25, 0.3) is 0 Å². The fourth-order valence-electron chi connectivity index (χ4n) is 4.60.